The highest BCUT2D eigenvalue weighted by atomic mass is 35.5. The Kier molecular flexibility index (Phi) is 2.27. The largest absolute Gasteiger partial charge is 0.454 e. The highest BCUT2D eigenvalue weighted by Gasteiger charge is 2.07. The van der Waals surface area contributed by atoms with Gasteiger partial charge in [0.1, 0.15) is 10.9 Å². The highest BCUT2D eigenvalue weighted by Crippen LogP contribution is 2.24. The van der Waals surface area contributed by atoms with Gasteiger partial charge in [0, 0.05) is 10.8 Å². The predicted octanol–water partition coefficient (Wildman–Crippen LogP) is 3.01. The molecule has 0 radical (unpaired) electrons. The monoisotopic (exact) mass is 244 g/mol. The van der Waals surface area contributed by atoms with E-state index < -0.39 is 0 Å². The standard InChI is InChI=1S/C13H9ClN2O/c14-10-6-3-5-9-12(16-15)8-4-1-2-7-11(8)17-13(9)10/h1-7H,15H2. The molecule has 0 amide bonds. The van der Waals surface area contributed by atoms with Crippen LogP contribution < -0.4 is 11.2 Å². The second-order valence-corrected chi connectivity index (χ2v) is 4.10. The maximum absolute atomic E-state index is 6.11. The molecule has 0 bridgehead atoms. The van der Waals surface area contributed by atoms with Crippen LogP contribution in [0.4, 0.5) is 0 Å². The van der Waals surface area contributed by atoms with Gasteiger partial charge in [0.25, 0.3) is 0 Å². The fraction of sp³-hybridized carbons (Fsp3) is 0. The molecule has 4 heteroatoms. The summed E-state index contributed by atoms with van der Waals surface area (Å²) in [6.45, 7) is 0. The van der Waals surface area contributed by atoms with Crippen LogP contribution >= 0.6 is 11.6 Å². The van der Waals surface area contributed by atoms with Gasteiger partial charge in [0.05, 0.1) is 5.02 Å². The normalized spacial score (nSPS) is 12.4. The van der Waals surface area contributed by atoms with Gasteiger partial charge in [-0.1, -0.05) is 29.8 Å². The highest BCUT2D eigenvalue weighted by molar-refractivity contribution is 6.34. The van der Waals surface area contributed by atoms with E-state index in [1.165, 1.54) is 0 Å². The summed E-state index contributed by atoms with van der Waals surface area (Å²) >= 11 is 6.11. The fourth-order valence-electron chi connectivity index (χ4n) is 1.94. The molecule has 0 aliphatic rings. The van der Waals surface area contributed by atoms with Gasteiger partial charge in [-0.15, -0.1) is 0 Å². The lowest BCUT2D eigenvalue weighted by molar-refractivity contribution is 0.659. The van der Waals surface area contributed by atoms with Crippen LogP contribution in [0.1, 0.15) is 0 Å². The minimum Gasteiger partial charge on any atom is -0.454 e. The number of halogens is 1. The number of benzene rings is 2. The first-order valence-electron chi connectivity index (χ1n) is 5.15. The Labute approximate surface area is 102 Å². The van der Waals surface area contributed by atoms with Gasteiger partial charge in [-0.05, 0) is 24.3 Å². The van der Waals surface area contributed by atoms with E-state index in [2.05, 4.69) is 5.10 Å². The molecule has 3 aromatic rings. The Bertz CT molecular complexity index is 777. The maximum atomic E-state index is 6.11. The van der Waals surface area contributed by atoms with Crippen LogP contribution in [0.3, 0.4) is 0 Å². The molecule has 1 aromatic heterocycles. The summed E-state index contributed by atoms with van der Waals surface area (Å²) in [4.78, 5) is 0. The molecule has 0 unspecified atom stereocenters. The molecular weight excluding hydrogens is 236 g/mol. The van der Waals surface area contributed by atoms with Crippen LogP contribution in [-0.2, 0) is 0 Å². The summed E-state index contributed by atoms with van der Waals surface area (Å²) in [6, 6.07) is 13.1. The van der Waals surface area contributed by atoms with E-state index in [0.29, 0.717) is 16.0 Å². The van der Waals surface area contributed by atoms with Gasteiger partial charge in [0.15, 0.2) is 5.58 Å². The average molecular weight is 245 g/mol. The number of nitrogens with zero attached hydrogens (tertiary/aromatic N) is 1. The number of hydrogen-bond acceptors (Lipinski definition) is 3. The summed E-state index contributed by atoms with van der Waals surface area (Å²) in [5.74, 6) is 5.47. The Morgan fingerprint density at radius 3 is 2.59 bits per heavy atom. The summed E-state index contributed by atoms with van der Waals surface area (Å²) in [6.07, 6.45) is 0. The van der Waals surface area contributed by atoms with Crippen molar-refractivity contribution in [2.24, 2.45) is 10.9 Å². The Balaban J connectivity index is 2.69. The lowest BCUT2D eigenvalue weighted by Gasteiger charge is -2.03. The molecule has 17 heavy (non-hydrogen) atoms. The van der Waals surface area contributed by atoms with Crippen molar-refractivity contribution in [3.05, 3.63) is 52.8 Å². The lowest BCUT2D eigenvalue weighted by atomic mass is 10.1. The van der Waals surface area contributed by atoms with E-state index >= 15 is 0 Å². The molecule has 2 aromatic carbocycles. The van der Waals surface area contributed by atoms with E-state index in [4.69, 9.17) is 21.9 Å². The molecule has 0 spiro atoms. The van der Waals surface area contributed by atoms with Crippen molar-refractivity contribution in [3.63, 3.8) is 0 Å². The Hall–Kier alpha value is -2.00. The van der Waals surface area contributed by atoms with Gasteiger partial charge < -0.3 is 10.3 Å². The van der Waals surface area contributed by atoms with Gasteiger partial charge in [0.2, 0.25) is 0 Å². The molecule has 1 heterocycles. The summed E-state index contributed by atoms with van der Waals surface area (Å²) in [5, 5.41) is 6.80. The molecule has 0 aliphatic heterocycles. The van der Waals surface area contributed by atoms with Crippen LogP contribution in [0.15, 0.2) is 52.0 Å². The molecule has 3 rings (SSSR count). The van der Waals surface area contributed by atoms with E-state index in [9.17, 15) is 0 Å². The molecule has 3 nitrogen and oxygen atoms in total. The lowest BCUT2D eigenvalue weighted by Crippen LogP contribution is -2.08. The van der Waals surface area contributed by atoms with Crippen molar-refractivity contribution in [1.82, 2.24) is 0 Å². The zero-order valence-electron chi connectivity index (χ0n) is 8.85. The van der Waals surface area contributed by atoms with Gasteiger partial charge in [-0.3, -0.25) is 0 Å². The first kappa shape index (κ1) is 10.2. The smallest absolute Gasteiger partial charge is 0.155 e. The first-order chi connectivity index (χ1) is 8.31. The third-order valence-electron chi connectivity index (χ3n) is 2.71. The minimum atomic E-state index is 0.554. The molecule has 84 valence electrons. The van der Waals surface area contributed by atoms with Crippen molar-refractivity contribution >= 4 is 33.5 Å². The zero-order valence-corrected chi connectivity index (χ0v) is 9.61. The van der Waals surface area contributed by atoms with Crippen LogP contribution in [0.2, 0.25) is 5.02 Å². The summed E-state index contributed by atoms with van der Waals surface area (Å²) < 4.78 is 5.77. The number of nitrogens with two attached hydrogens (primary N) is 1. The second-order valence-electron chi connectivity index (χ2n) is 3.69. The molecule has 0 saturated heterocycles. The Morgan fingerprint density at radius 2 is 1.76 bits per heavy atom. The number of para-hydroxylation sites is 2. The number of hydrogen-bond donors (Lipinski definition) is 1. The van der Waals surface area contributed by atoms with Gasteiger partial charge in [-0.25, -0.2) is 0 Å². The van der Waals surface area contributed by atoms with E-state index in [-0.39, 0.29) is 0 Å². The van der Waals surface area contributed by atoms with E-state index in [0.717, 1.165) is 16.4 Å². The van der Waals surface area contributed by atoms with E-state index in [1.54, 1.807) is 6.07 Å². The van der Waals surface area contributed by atoms with Crippen LogP contribution in [0.5, 0.6) is 0 Å². The molecule has 0 atom stereocenters. The predicted molar refractivity (Wildman–Crippen MR) is 68.5 cm³/mol. The molecule has 0 fully saturated rings. The molecular formula is C13H9ClN2O. The van der Waals surface area contributed by atoms with Crippen LogP contribution in [0.25, 0.3) is 21.9 Å². The second kappa shape index (κ2) is 3.79. The van der Waals surface area contributed by atoms with Crippen molar-refractivity contribution in [2.45, 2.75) is 0 Å². The molecule has 0 aliphatic carbocycles. The molecule has 2 N–H and O–H groups in total. The van der Waals surface area contributed by atoms with Gasteiger partial charge >= 0.3 is 0 Å². The topological polar surface area (TPSA) is 51.5 Å². The quantitative estimate of drug-likeness (QED) is 0.375. The Morgan fingerprint density at radius 1 is 1.00 bits per heavy atom. The average Bonchev–Trinajstić information content (AvgIpc) is 2.37. The zero-order chi connectivity index (χ0) is 11.8. The van der Waals surface area contributed by atoms with Gasteiger partial charge in [-0.2, -0.15) is 5.10 Å². The van der Waals surface area contributed by atoms with Crippen molar-refractivity contribution in [1.29, 1.82) is 0 Å². The van der Waals surface area contributed by atoms with E-state index in [1.807, 2.05) is 36.4 Å². The summed E-state index contributed by atoms with van der Waals surface area (Å²) in [5.41, 5.74) is 1.33. The van der Waals surface area contributed by atoms with Crippen LogP contribution in [0, 0.1) is 0 Å². The third kappa shape index (κ3) is 1.47. The number of rotatable bonds is 0. The first-order valence-corrected chi connectivity index (χ1v) is 5.53. The number of fused-ring (bicyclic) bond motifs is 2. The summed E-state index contributed by atoms with van der Waals surface area (Å²) in [7, 11) is 0. The minimum absolute atomic E-state index is 0.554. The maximum Gasteiger partial charge on any atom is 0.155 e. The molecule has 0 saturated carbocycles. The van der Waals surface area contributed by atoms with Crippen molar-refractivity contribution in [2.75, 3.05) is 0 Å². The van der Waals surface area contributed by atoms with Crippen molar-refractivity contribution < 1.29 is 4.42 Å². The van der Waals surface area contributed by atoms with Crippen molar-refractivity contribution in [3.8, 4) is 0 Å². The SMILES string of the molecule is NN=c1c2ccccc2oc2c(Cl)cccc12. The third-order valence-corrected chi connectivity index (χ3v) is 3.00. The fourth-order valence-corrected chi connectivity index (χ4v) is 2.16. The van der Waals surface area contributed by atoms with Crippen LogP contribution in [-0.4, -0.2) is 0 Å².